The first-order valence-corrected chi connectivity index (χ1v) is 8.09. The molecule has 0 aromatic heterocycles. The molecule has 1 aromatic carbocycles. The number of hydrogen-bond donors (Lipinski definition) is 3. The summed E-state index contributed by atoms with van der Waals surface area (Å²) in [4.78, 5) is 11.8. The van der Waals surface area contributed by atoms with Crippen LogP contribution in [-0.4, -0.2) is 19.0 Å². The molecule has 2 bridgehead atoms. The molecule has 4 nitrogen and oxygen atoms in total. The standard InChI is InChI=1S/C17H25N3O/c1-2-19-17(21)13-5-6-16(15(18)9-13)20-10-14-8-11-3-4-12(14)7-11/h5-6,9,11-12,14,20H,2-4,7-8,10,18H2,1H3,(H,19,21). The van der Waals surface area contributed by atoms with E-state index in [0.717, 1.165) is 30.0 Å². The summed E-state index contributed by atoms with van der Waals surface area (Å²) in [5.74, 6) is 2.62. The molecule has 21 heavy (non-hydrogen) atoms. The molecule has 1 amide bonds. The van der Waals surface area contributed by atoms with Gasteiger partial charge in [-0.05, 0) is 62.1 Å². The molecule has 0 heterocycles. The summed E-state index contributed by atoms with van der Waals surface area (Å²) in [5.41, 5.74) is 8.30. The summed E-state index contributed by atoms with van der Waals surface area (Å²) in [7, 11) is 0. The molecular weight excluding hydrogens is 262 g/mol. The smallest absolute Gasteiger partial charge is 0.251 e. The Bertz CT molecular complexity index is 529. The second kappa shape index (κ2) is 5.96. The molecule has 3 unspecified atom stereocenters. The maximum Gasteiger partial charge on any atom is 0.251 e. The summed E-state index contributed by atoms with van der Waals surface area (Å²) >= 11 is 0. The molecular formula is C17H25N3O. The number of amides is 1. The van der Waals surface area contributed by atoms with E-state index in [1.807, 2.05) is 19.1 Å². The summed E-state index contributed by atoms with van der Waals surface area (Å²) in [6.07, 6.45) is 5.64. The predicted molar refractivity (Wildman–Crippen MR) is 86.3 cm³/mol. The number of nitrogens with one attached hydrogen (secondary N) is 2. The molecule has 3 rings (SSSR count). The minimum atomic E-state index is -0.0659. The van der Waals surface area contributed by atoms with Crippen molar-refractivity contribution in [3.8, 4) is 0 Å². The highest BCUT2D eigenvalue weighted by atomic mass is 16.1. The molecule has 2 saturated carbocycles. The number of nitrogen functional groups attached to an aromatic ring is 1. The van der Waals surface area contributed by atoms with Crippen molar-refractivity contribution in [2.24, 2.45) is 17.8 Å². The van der Waals surface area contributed by atoms with Crippen LogP contribution in [0.2, 0.25) is 0 Å². The summed E-state index contributed by atoms with van der Waals surface area (Å²) in [6, 6.07) is 5.52. The second-order valence-electron chi connectivity index (χ2n) is 6.48. The highest BCUT2D eigenvalue weighted by molar-refractivity contribution is 5.96. The molecule has 2 fully saturated rings. The maximum absolute atomic E-state index is 11.8. The van der Waals surface area contributed by atoms with Crippen LogP contribution in [0, 0.1) is 17.8 Å². The van der Waals surface area contributed by atoms with Crippen molar-refractivity contribution in [3.05, 3.63) is 23.8 Å². The van der Waals surface area contributed by atoms with E-state index in [4.69, 9.17) is 5.73 Å². The summed E-state index contributed by atoms with van der Waals surface area (Å²) in [5, 5.41) is 6.27. The Morgan fingerprint density at radius 2 is 2.19 bits per heavy atom. The van der Waals surface area contributed by atoms with Gasteiger partial charge in [0.05, 0.1) is 11.4 Å². The molecule has 4 N–H and O–H groups in total. The van der Waals surface area contributed by atoms with E-state index in [9.17, 15) is 4.79 Å². The number of carbonyl (C=O) groups is 1. The lowest BCUT2D eigenvalue weighted by Gasteiger charge is -2.23. The van der Waals surface area contributed by atoms with Crippen LogP contribution in [0.15, 0.2) is 18.2 Å². The van der Waals surface area contributed by atoms with Crippen LogP contribution in [0.5, 0.6) is 0 Å². The van der Waals surface area contributed by atoms with Gasteiger partial charge < -0.3 is 16.4 Å². The van der Waals surface area contributed by atoms with Crippen LogP contribution in [0.1, 0.15) is 43.0 Å². The fourth-order valence-electron chi connectivity index (χ4n) is 4.00. The highest BCUT2D eigenvalue weighted by Gasteiger charge is 2.39. The van der Waals surface area contributed by atoms with Gasteiger partial charge in [-0.3, -0.25) is 4.79 Å². The number of benzene rings is 1. The van der Waals surface area contributed by atoms with Gasteiger partial charge in [-0.1, -0.05) is 6.42 Å². The average Bonchev–Trinajstić information content (AvgIpc) is 3.08. The van der Waals surface area contributed by atoms with Gasteiger partial charge >= 0.3 is 0 Å². The Morgan fingerprint density at radius 1 is 1.33 bits per heavy atom. The zero-order valence-electron chi connectivity index (χ0n) is 12.7. The van der Waals surface area contributed by atoms with Gasteiger partial charge in [-0.15, -0.1) is 0 Å². The van der Waals surface area contributed by atoms with Crippen molar-refractivity contribution in [2.45, 2.75) is 32.6 Å². The molecule has 1 aromatic rings. The fraction of sp³-hybridized carbons (Fsp3) is 0.588. The molecule has 0 radical (unpaired) electrons. The lowest BCUT2D eigenvalue weighted by atomic mass is 9.89. The summed E-state index contributed by atoms with van der Waals surface area (Å²) in [6.45, 7) is 3.54. The topological polar surface area (TPSA) is 67.2 Å². The monoisotopic (exact) mass is 287 g/mol. The third-order valence-corrected chi connectivity index (χ3v) is 5.09. The Morgan fingerprint density at radius 3 is 2.81 bits per heavy atom. The van der Waals surface area contributed by atoms with Gasteiger partial charge in [0.1, 0.15) is 0 Å². The van der Waals surface area contributed by atoms with E-state index >= 15 is 0 Å². The first kappa shape index (κ1) is 14.2. The van der Waals surface area contributed by atoms with E-state index in [-0.39, 0.29) is 5.91 Å². The van der Waals surface area contributed by atoms with Gasteiger partial charge in [0.15, 0.2) is 0 Å². The average molecular weight is 287 g/mol. The fourth-order valence-corrected chi connectivity index (χ4v) is 4.00. The van der Waals surface area contributed by atoms with Crippen LogP contribution in [-0.2, 0) is 0 Å². The van der Waals surface area contributed by atoms with Crippen molar-refractivity contribution >= 4 is 17.3 Å². The zero-order valence-corrected chi connectivity index (χ0v) is 12.7. The number of nitrogens with two attached hydrogens (primary N) is 1. The van der Waals surface area contributed by atoms with E-state index < -0.39 is 0 Å². The van der Waals surface area contributed by atoms with Crippen LogP contribution in [0.4, 0.5) is 11.4 Å². The molecule has 4 heteroatoms. The lowest BCUT2D eigenvalue weighted by Crippen LogP contribution is -2.23. The maximum atomic E-state index is 11.8. The number of fused-ring (bicyclic) bond motifs is 2. The quantitative estimate of drug-likeness (QED) is 0.729. The van der Waals surface area contributed by atoms with E-state index in [2.05, 4.69) is 10.6 Å². The molecule has 3 atom stereocenters. The molecule has 0 saturated heterocycles. The van der Waals surface area contributed by atoms with Crippen LogP contribution in [0.3, 0.4) is 0 Å². The minimum absolute atomic E-state index is 0.0659. The molecule has 0 aliphatic heterocycles. The van der Waals surface area contributed by atoms with Gasteiger partial charge in [0.25, 0.3) is 5.91 Å². The highest BCUT2D eigenvalue weighted by Crippen LogP contribution is 2.48. The van der Waals surface area contributed by atoms with E-state index in [1.54, 1.807) is 6.07 Å². The Hall–Kier alpha value is -1.71. The van der Waals surface area contributed by atoms with Gasteiger partial charge in [0.2, 0.25) is 0 Å². The van der Waals surface area contributed by atoms with Crippen LogP contribution in [0.25, 0.3) is 0 Å². The third kappa shape index (κ3) is 2.99. The number of anilines is 2. The minimum Gasteiger partial charge on any atom is -0.397 e. The SMILES string of the molecule is CCNC(=O)c1ccc(NCC2CC3CCC2C3)c(N)c1. The Labute approximate surface area is 126 Å². The van der Waals surface area contributed by atoms with Crippen molar-refractivity contribution in [1.82, 2.24) is 5.32 Å². The van der Waals surface area contributed by atoms with E-state index in [0.29, 0.717) is 17.8 Å². The van der Waals surface area contributed by atoms with Crippen LogP contribution >= 0.6 is 0 Å². The first-order chi connectivity index (χ1) is 10.2. The van der Waals surface area contributed by atoms with Gasteiger partial charge in [-0.25, -0.2) is 0 Å². The molecule has 2 aliphatic rings. The van der Waals surface area contributed by atoms with E-state index in [1.165, 1.54) is 25.7 Å². The number of rotatable bonds is 5. The molecule has 114 valence electrons. The summed E-state index contributed by atoms with van der Waals surface area (Å²) < 4.78 is 0. The van der Waals surface area contributed by atoms with Crippen molar-refractivity contribution in [3.63, 3.8) is 0 Å². The van der Waals surface area contributed by atoms with Gasteiger partial charge in [0, 0.05) is 18.7 Å². The molecule has 0 spiro atoms. The molecule has 2 aliphatic carbocycles. The van der Waals surface area contributed by atoms with Crippen molar-refractivity contribution in [2.75, 3.05) is 24.1 Å². The number of carbonyl (C=O) groups excluding carboxylic acids is 1. The lowest BCUT2D eigenvalue weighted by molar-refractivity contribution is 0.0956. The zero-order chi connectivity index (χ0) is 14.8. The first-order valence-electron chi connectivity index (χ1n) is 8.09. The largest absolute Gasteiger partial charge is 0.397 e. The number of hydrogen-bond acceptors (Lipinski definition) is 3. The Balaban J connectivity index is 1.59. The van der Waals surface area contributed by atoms with Crippen molar-refractivity contribution in [1.29, 1.82) is 0 Å². The van der Waals surface area contributed by atoms with Crippen LogP contribution < -0.4 is 16.4 Å². The van der Waals surface area contributed by atoms with Crippen molar-refractivity contribution < 1.29 is 4.79 Å². The van der Waals surface area contributed by atoms with Gasteiger partial charge in [-0.2, -0.15) is 0 Å². The predicted octanol–water partition coefficient (Wildman–Crippen LogP) is 2.87. The second-order valence-corrected chi connectivity index (χ2v) is 6.48. The Kier molecular flexibility index (Phi) is 4.04. The third-order valence-electron chi connectivity index (χ3n) is 5.09. The normalized spacial score (nSPS) is 26.8.